The molecule has 5 atom stereocenters. The molecule has 3 fully saturated rings. The topological polar surface area (TPSA) is 90.4 Å². The molecular formula is C28H39N3O5S. The van der Waals surface area contributed by atoms with Crippen molar-refractivity contribution in [1.29, 1.82) is 0 Å². The summed E-state index contributed by atoms with van der Waals surface area (Å²) in [4.78, 5) is 46.8. The first-order valence-corrected chi connectivity index (χ1v) is 14.3. The molecule has 1 N–H and O–H groups in total. The van der Waals surface area contributed by atoms with Gasteiger partial charge in [0, 0.05) is 49.4 Å². The predicted molar refractivity (Wildman–Crippen MR) is 147 cm³/mol. The highest BCUT2D eigenvalue weighted by Crippen LogP contribution is 2.66. The maximum atomic E-state index is 14.4. The maximum Gasteiger partial charge on any atom is 0.310 e. The molecule has 1 aromatic carbocycles. The quantitative estimate of drug-likeness (QED) is 0.329. The van der Waals surface area contributed by atoms with Gasteiger partial charge >= 0.3 is 5.97 Å². The van der Waals surface area contributed by atoms with Crippen LogP contribution >= 0.6 is 11.8 Å². The number of esters is 1. The second-order valence-electron chi connectivity index (χ2n) is 9.84. The van der Waals surface area contributed by atoms with Gasteiger partial charge in [-0.3, -0.25) is 14.4 Å². The average molecular weight is 530 g/mol. The fourth-order valence-corrected chi connectivity index (χ4v) is 8.65. The van der Waals surface area contributed by atoms with Gasteiger partial charge in [-0.05, 0) is 64.3 Å². The van der Waals surface area contributed by atoms with Crippen molar-refractivity contribution in [3.8, 4) is 0 Å². The second-order valence-corrected chi connectivity index (χ2v) is 11.4. The van der Waals surface area contributed by atoms with E-state index in [1.807, 2.05) is 24.3 Å². The number of aliphatic hydroxyl groups is 1. The summed E-state index contributed by atoms with van der Waals surface area (Å²) in [6.45, 7) is 12.4. The zero-order chi connectivity index (χ0) is 26.7. The third-order valence-electron chi connectivity index (χ3n) is 8.02. The molecule has 1 spiro atoms. The highest BCUT2D eigenvalue weighted by atomic mass is 32.2. The molecule has 3 saturated heterocycles. The third kappa shape index (κ3) is 4.65. The van der Waals surface area contributed by atoms with E-state index < -0.39 is 22.6 Å². The third-order valence-corrected chi connectivity index (χ3v) is 9.97. The largest absolute Gasteiger partial charge is 0.466 e. The molecule has 4 rings (SSSR count). The Labute approximate surface area is 224 Å². The van der Waals surface area contributed by atoms with Crippen molar-refractivity contribution in [3.63, 3.8) is 0 Å². The Hall–Kier alpha value is -2.52. The number of fused-ring (bicyclic) bond motifs is 1. The van der Waals surface area contributed by atoms with Crippen LogP contribution < -0.4 is 9.80 Å². The Balaban J connectivity index is 1.71. The van der Waals surface area contributed by atoms with Gasteiger partial charge in [0.1, 0.15) is 6.04 Å². The van der Waals surface area contributed by atoms with Gasteiger partial charge in [-0.15, -0.1) is 18.3 Å². The lowest BCUT2D eigenvalue weighted by molar-refractivity contribution is -0.153. The summed E-state index contributed by atoms with van der Waals surface area (Å²) in [5.74, 6) is -1.80. The van der Waals surface area contributed by atoms with E-state index in [1.54, 1.807) is 34.6 Å². The first-order chi connectivity index (χ1) is 17.9. The van der Waals surface area contributed by atoms with Crippen LogP contribution in [-0.4, -0.2) is 83.2 Å². The summed E-state index contributed by atoms with van der Waals surface area (Å²) in [6, 6.07) is 7.21. The van der Waals surface area contributed by atoms with E-state index in [-0.39, 0.29) is 42.8 Å². The summed E-state index contributed by atoms with van der Waals surface area (Å²) in [5, 5.41) is 9.51. The van der Waals surface area contributed by atoms with Crippen LogP contribution in [0, 0.1) is 11.8 Å². The van der Waals surface area contributed by atoms with Crippen LogP contribution in [0.4, 0.5) is 11.4 Å². The molecule has 2 bridgehead atoms. The molecule has 3 aliphatic heterocycles. The Kier molecular flexibility index (Phi) is 8.53. The van der Waals surface area contributed by atoms with Crippen LogP contribution in [0.1, 0.15) is 40.0 Å². The fraction of sp³-hybridized carbons (Fsp3) is 0.607. The smallest absolute Gasteiger partial charge is 0.310 e. The molecule has 0 aromatic heterocycles. The summed E-state index contributed by atoms with van der Waals surface area (Å²) < 4.78 is 4.70. The van der Waals surface area contributed by atoms with Crippen LogP contribution in [0.25, 0.3) is 0 Å². The number of nitrogens with zero attached hydrogens (tertiary/aromatic N) is 3. The first kappa shape index (κ1) is 27.5. The Morgan fingerprint density at radius 1 is 1.22 bits per heavy atom. The second kappa shape index (κ2) is 11.5. The van der Waals surface area contributed by atoms with Crippen molar-refractivity contribution in [1.82, 2.24) is 4.90 Å². The van der Waals surface area contributed by atoms with Gasteiger partial charge in [0.15, 0.2) is 0 Å². The maximum absolute atomic E-state index is 14.4. The van der Waals surface area contributed by atoms with E-state index in [2.05, 4.69) is 25.3 Å². The number of aliphatic hydroxyl groups excluding tert-OH is 1. The van der Waals surface area contributed by atoms with Gasteiger partial charge in [0.05, 0.1) is 23.2 Å². The van der Waals surface area contributed by atoms with E-state index >= 15 is 0 Å². The minimum absolute atomic E-state index is 0.0236. The summed E-state index contributed by atoms with van der Waals surface area (Å²) in [5.41, 5.74) is 1.83. The summed E-state index contributed by atoms with van der Waals surface area (Å²) in [6.07, 6.45) is 3.54. The van der Waals surface area contributed by atoms with Gasteiger partial charge < -0.3 is 24.5 Å². The van der Waals surface area contributed by atoms with E-state index in [1.165, 1.54) is 0 Å². The van der Waals surface area contributed by atoms with Crippen molar-refractivity contribution in [2.24, 2.45) is 11.8 Å². The number of anilines is 2. The number of rotatable bonds is 12. The SMILES string of the molecule is C=CCN(C(=O)C1N(CCCO)C(=O)[C@@H]2[C@H](C(=O)OCC)[C@@H]3CCC12S3)c1ccc(N(CC)CC)cc1. The lowest BCUT2D eigenvalue weighted by Gasteiger charge is -2.37. The first-order valence-electron chi connectivity index (χ1n) is 13.4. The zero-order valence-electron chi connectivity index (χ0n) is 22.1. The monoisotopic (exact) mass is 529 g/mol. The van der Waals surface area contributed by atoms with Crippen LogP contribution in [0.5, 0.6) is 0 Å². The van der Waals surface area contributed by atoms with Crippen molar-refractivity contribution in [3.05, 3.63) is 36.9 Å². The van der Waals surface area contributed by atoms with E-state index in [9.17, 15) is 19.5 Å². The number of benzene rings is 1. The molecule has 0 radical (unpaired) electrons. The minimum atomic E-state index is -0.714. The number of thioether (sulfide) groups is 1. The van der Waals surface area contributed by atoms with Crippen molar-refractivity contribution < 1.29 is 24.2 Å². The van der Waals surface area contributed by atoms with Crippen molar-refractivity contribution in [2.45, 2.75) is 56.1 Å². The Morgan fingerprint density at radius 3 is 2.49 bits per heavy atom. The highest BCUT2D eigenvalue weighted by molar-refractivity contribution is 8.02. The summed E-state index contributed by atoms with van der Waals surface area (Å²) >= 11 is 1.63. The Morgan fingerprint density at radius 2 is 1.89 bits per heavy atom. The van der Waals surface area contributed by atoms with Crippen molar-refractivity contribution in [2.75, 3.05) is 49.2 Å². The summed E-state index contributed by atoms with van der Waals surface area (Å²) in [7, 11) is 0. The normalized spacial score (nSPS) is 27.8. The van der Waals surface area contributed by atoms with Crippen LogP contribution in [0.2, 0.25) is 0 Å². The standard InChI is InChI=1S/C28H39N3O5S/c1-5-16-30(20-12-10-19(11-13-20)29(6-2)7-3)26(34)24-28-15-14-21(37-28)22(27(35)36-8-4)23(28)25(33)31(24)17-9-18-32/h5,10-13,21-24,32H,1,6-9,14-18H2,2-4H3/t21-,22+,23-,24?,28?/m0/s1. The molecule has 2 amide bonds. The van der Waals surface area contributed by atoms with E-state index in [0.29, 0.717) is 19.4 Å². The lowest BCUT2D eigenvalue weighted by Crippen LogP contribution is -2.55. The number of hydrogen-bond acceptors (Lipinski definition) is 7. The molecule has 202 valence electrons. The predicted octanol–water partition coefficient (Wildman–Crippen LogP) is 3.09. The molecule has 37 heavy (non-hydrogen) atoms. The van der Waals surface area contributed by atoms with E-state index in [4.69, 9.17) is 4.74 Å². The van der Waals surface area contributed by atoms with Crippen molar-refractivity contribution >= 4 is 40.9 Å². The number of amides is 2. The molecule has 8 nitrogen and oxygen atoms in total. The zero-order valence-corrected chi connectivity index (χ0v) is 22.9. The number of carbonyl (C=O) groups excluding carboxylic acids is 3. The molecular weight excluding hydrogens is 490 g/mol. The van der Waals surface area contributed by atoms with Gasteiger partial charge in [-0.1, -0.05) is 6.08 Å². The highest BCUT2D eigenvalue weighted by Gasteiger charge is 2.74. The fourth-order valence-electron chi connectivity index (χ4n) is 6.45. The average Bonchev–Trinajstić information content (AvgIpc) is 3.54. The van der Waals surface area contributed by atoms with Gasteiger partial charge in [-0.2, -0.15) is 0 Å². The number of carbonyl (C=O) groups is 3. The molecule has 2 unspecified atom stereocenters. The molecule has 0 aliphatic carbocycles. The minimum Gasteiger partial charge on any atom is -0.466 e. The number of likely N-dealkylation sites (tertiary alicyclic amines) is 1. The van der Waals surface area contributed by atoms with Gasteiger partial charge in [0.2, 0.25) is 5.91 Å². The van der Waals surface area contributed by atoms with Crippen LogP contribution in [0.15, 0.2) is 36.9 Å². The molecule has 0 saturated carbocycles. The van der Waals surface area contributed by atoms with E-state index in [0.717, 1.165) is 30.9 Å². The molecule has 9 heteroatoms. The lowest BCUT2D eigenvalue weighted by atomic mass is 9.71. The molecule has 3 aliphatic rings. The Bertz CT molecular complexity index is 1010. The number of hydrogen-bond donors (Lipinski definition) is 1. The van der Waals surface area contributed by atoms with Gasteiger partial charge in [0.25, 0.3) is 5.91 Å². The van der Waals surface area contributed by atoms with Crippen LogP contribution in [0.3, 0.4) is 0 Å². The number of ether oxygens (including phenoxy) is 1. The van der Waals surface area contributed by atoms with Crippen LogP contribution in [-0.2, 0) is 19.1 Å². The van der Waals surface area contributed by atoms with Gasteiger partial charge in [-0.25, -0.2) is 0 Å². The molecule has 3 heterocycles. The molecule has 1 aromatic rings.